The first-order valence-electron chi connectivity index (χ1n) is 7.50. The summed E-state index contributed by atoms with van der Waals surface area (Å²) in [5.74, 6) is -3.12. The molecule has 144 valence electrons. The van der Waals surface area contributed by atoms with Crippen LogP contribution in [0.1, 0.15) is 6.92 Å². The quantitative estimate of drug-likeness (QED) is 0.593. The third-order valence-electron chi connectivity index (χ3n) is 3.57. The number of halogens is 2. The number of carbonyl (C=O) groups excluding carboxylic acids is 1. The van der Waals surface area contributed by atoms with Gasteiger partial charge in [-0.05, 0) is 25.1 Å². The Morgan fingerprint density at radius 3 is 2.41 bits per heavy atom. The molecule has 0 radical (unpaired) electrons. The Hall–Kier alpha value is -3.08. The van der Waals surface area contributed by atoms with Crippen molar-refractivity contribution in [3.63, 3.8) is 0 Å². The third kappa shape index (κ3) is 4.76. The number of amides is 1. The van der Waals surface area contributed by atoms with Gasteiger partial charge in [-0.1, -0.05) is 6.07 Å². The van der Waals surface area contributed by atoms with E-state index < -0.39 is 38.5 Å². The van der Waals surface area contributed by atoms with Gasteiger partial charge in [-0.3, -0.25) is 19.2 Å². The maximum absolute atomic E-state index is 13.3. The van der Waals surface area contributed by atoms with Crippen molar-refractivity contribution in [2.75, 3.05) is 15.9 Å². The van der Waals surface area contributed by atoms with Gasteiger partial charge in [0.05, 0.1) is 16.9 Å². The first kappa shape index (κ1) is 20.2. The first-order valence-corrected chi connectivity index (χ1v) is 9.35. The topological polar surface area (TPSA) is 110 Å². The molecule has 2 rings (SSSR count). The van der Waals surface area contributed by atoms with E-state index in [1.54, 1.807) is 0 Å². The highest BCUT2D eigenvalue weighted by molar-refractivity contribution is 7.92. The number of nitro groups is 1. The Balaban J connectivity index is 2.36. The Kier molecular flexibility index (Phi) is 5.74. The second-order valence-corrected chi connectivity index (χ2v) is 7.49. The second kappa shape index (κ2) is 7.66. The van der Waals surface area contributed by atoms with Crippen LogP contribution in [0.5, 0.6) is 0 Å². The normalized spacial score (nSPS) is 12.3. The van der Waals surface area contributed by atoms with E-state index in [1.807, 2.05) is 0 Å². The van der Waals surface area contributed by atoms with E-state index >= 15 is 0 Å². The van der Waals surface area contributed by atoms with Crippen LogP contribution in [0.15, 0.2) is 42.5 Å². The van der Waals surface area contributed by atoms with Crippen LogP contribution >= 0.6 is 0 Å². The number of anilines is 2. The van der Waals surface area contributed by atoms with E-state index in [2.05, 4.69) is 5.32 Å². The predicted octanol–water partition coefficient (Wildman–Crippen LogP) is 2.67. The van der Waals surface area contributed by atoms with Crippen LogP contribution in [0.3, 0.4) is 0 Å². The number of carbonyl (C=O) groups is 1. The highest BCUT2D eigenvalue weighted by Crippen LogP contribution is 2.26. The van der Waals surface area contributed by atoms with Crippen LogP contribution in [0, 0.1) is 21.7 Å². The Bertz CT molecular complexity index is 997. The van der Waals surface area contributed by atoms with Crippen molar-refractivity contribution < 1.29 is 26.9 Å². The zero-order chi connectivity index (χ0) is 20.4. The fourth-order valence-corrected chi connectivity index (χ4v) is 3.54. The largest absolute Gasteiger partial charge is 0.324 e. The molecule has 0 saturated carbocycles. The Morgan fingerprint density at radius 2 is 1.85 bits per heavy atom. The average molecular weight is 399 g/mol. The molecular weight excluding hydrogens is 384 g/mol. The first-order chi connectivity index (χ1) is 12.5. The van der Waals surface area contributed by atoms with Gasteiger partial charge < -0.3 is 5.32 Å². The minimum atomic E-state index is -4.00. The van der Waals surface area contributed by atoms with Gasteiger partial charge in [-0.15, -0.1) is 0 Å². The molecule has 0 bridgehead atoms. The summed E-state index contributed by atoms with van der Waals surface area (Å²) in [6, 6.07) is 6.12. The molecular formula is C16H15F2N3O5S. The van der Waals surface area contributed by atoms with Gasteiger partial charge in [-0.2, -0.15) is 0 Å². The summed E-state index contributed by atoms with van der Waals surface area (Å²) in [4.78, 5) is 22.6. The smallest absolute Gasteiger partial charge is 0.271 e. The Morgan fingerprint density at radius 1 is 1.19 bits per heavy atom. The fourth-order valence-electron chi connectivity index (χ4n) is 2.37. The van der Waals surface area contributed by atoms with Gasteiger partial charge >= 0.3 is 0 Å². The van der Waals surface area contributed by atoms with Crippen LogP contribution in [-0.2, 0) is 14.8 Å². The summed E-state index contributed by atoms with van der Waals surface area (Å²) in [7, 11) is -4.00. The number of nitrogens with zero attached hydrogens (tertiary/aromatic N) is 2. The highest BCUT2D eigenvalue weighted by Gasteiger charge is 2.30. The molecule has 0 unspecified atom stereocenters. The lowest BCUT2D eigenvalue weighted by Gasteiger charge is -2.28. The summed E-state index contributed by atoms with van der Waals surface area (Å²) in [5.41, 5.74) is -0.507. The predicted molar refractivity (Wildman–Crippen MR) is 94.9 cm³/mol. The lowest BCUT2D eigenvalue weighted by Crippen LogP contribution is -2.45. The number of nitrogens with one attached hydrogen (secondary N) is 1. The molecule has 27 heavy (non-hydrogen) atoms. The number of non-ortho nitro benzene ring substituents is 1. The van der Waals surface area contributed by atoms with Crippen molar-refractivity contribution in [1.82, 2.24) is 0 Å². The van der Waals surface area contributed by atoms with Crippen molar-refractivity contribution in [3.05, 3.63) is 64.2 Å². The van der Waals surface area contributed by atoms with E-state index in [0.29, 0.717) is 4.31 Å². The van der Waals surface area contributed by atoms with Crippen LogP contribution in [0.2, 0.25) is 0 Å². The molecule has 8 nitrogen and oxygen atoms in total. The van der Waals surface area contributed by atoms with Gasteiger partial charge in [0.1, 0.15) is 6.04 Å². The minimum absolute atomic E-state index is 0.0711. The molecule has 0 aliphatic rings. The lowest BCUT2D eigenvalue weighted by atomic mass is 10.2. The van der Waals surface area contributed by atoms with Crippen molar-refractivity contribution >= 4 is 33.0 Å². The van der Waals surface area contributed by atoms with E-state index in [4.69, 9.17) is 0 Å². The van der Waals surface area contributed by atoms with Crippen LogP contribution in [0.25, 0.3) is 0 Å². The summed E-state index contributed by atoms with van der Waals surface area (Å²) in [6.07, 6.45) is 0.840. The zero-order valence-corrected chi connectivity index (χ0v) is 15.0. The summed E-state index contributed by atoms with van der Waals surface area (Å²) >= 11 is 0. The molecule has 1 amide bonds. The maximum Gasteiger partial charge on any atom is 0.271 e. The fraction of sp³-hybridized carbons (Fsp3) is 0.188. The second-order valence-electron chi connectivity index (χ2n) is 5.63. The lowest BCUT2D eigenvalue weighted by molar-refractivity contribution is -0.384. The summed E-state index contributed by atoms with van der Waals surface area (Å²) < 4.78 is 51.3. The molecule has 0 aliphatic carbocycles. The number of hydrogen-bond acceptors (Lipinski definition) is 5. The number of nitro benzene ring substituents is 1. The number of sulfonamides is 1. The number of hydrogen-bond donors (Lipinski definition) is 1. The van der Waals surface area contributed by atoms with Crippen molar-refractivity contribution in [2.24, 2.45) is 0 Å². The van der Waals surface area contributed by atoms with Gasteiger partial charge in [0.15, 0.2) is 11.6 Å². The summed E-state index contributed by atoms with van der Waals surface area (Å²) in [5, 5.41) is 13.2. The molecule has 11 heteroatoms. The molecule has 0 aromatic heterocycles. The number of benzene rings is 2. The van der Waals surface area contributed by atoms with E-state index in [-0.39, 0.29) is 17.1 Å². The van der Waals surface area contributed by atoms with Crippen LogP contribution in [-0.4, -0.2) is 31.5 Å². The van der Waals surface area contributed by atoms with Crippen molar-refractivity contribution in [3.8, 4) is 0 Å². The van der Waals surface area contributed by atoms with Gasteiger partial charge in [0, 0.05) is 23.9 Å². The zero-order valence-electron chi connectivity index (χ0n) is 14.2. The monoisotopic (exact) mass is 399 g/mol. The molecule has 2 aromatic carbocycles. The van der Waals surface area contributed by atoms with E-state index in [9.17, 15) is 32.1 Å². The van der Waals surface area contributed by atoms with Gasteiger partial charge in [0.25, 0.3) is 5.69 Å². The van der Waals surface area contributed by atoms with E-state index in [1.165, 1.54) is 25.1 Å². The molecule has 0 saturated heterocycles. The SMILES string of the molecule is C[C@@H](C(=O)Nc1ccc(F)c(F)c1)N(c1cccc([N+](=O)[O-])c1)S(C)(=O)=O. The number of rotatable bonds is 6. The Labute approximate surface area is 153 Å². The molecule has 0 heterocycles. The molecule has 1 N–H and O–H groups in total. The van der Waals surface area contributed by atoms with Crippen molar-refractivity contribution in [2.45, 2.75) is 13.0 Å². The average Bonchev–Trinajstić information content (AvgIpc) is 2.57. The summed E-state index contributed by atoms with van der Waals surface area (Å²) in [6.45, 7) is 1.26. The van der Waals surface area contributed by atoms with Crippen LogP contribution in [0.4, 0.5) is 25.8 Å². The standard InChI is InChI=1S/C16H15F2N3O5S/c1-10(16(22)19-11-6-7-14(17)15(18)8-11)20(27(2,25)26)12-4-3-5-13(9-12)21(23)24/h3-10H,1-2H3,(H,19,22)/t10-/m0/s1. The third-order valence-corrected chi connectivity index (χ3v) is 4.81. The van der Waals surface area contributed by atoms with Gasteiger partial charge in [-0.25, -0.2) is 17.2 Å². The van der Waals surface area contributed by atoms with Crippen LogP contribution < -0.4 is 9.62 Å². The highest BCUT2D eigenvalue weighted by atomic mass is 32.2. The maximum atomic E-state index is 13.3. The molecule has 2 aromatic rings. The van der Waals surface area contributed by atoms with Gasteiger partial charge in [0.2, 0.25) is 15.9 Å². The molecule has 0 aliphatic heterocycles. The molecule has 1 atom stereocenters. The van der Waals surface area contributed by atoms with E-state index in [0.717, 1.165) is 30.5 Å². The minimum Gasteiger partial charge on any atom is -0.324 e. The molecule has 0 spiro atoms. The molecule has 0 fully saturated rings. The van der Waals surface area contributed by atoms with Crippen molar-refractivity contribution in [1.29, 1.82) is 0 Å².